The Labute approximate surface area is 195 Å². The number of nitro benzene ring substituents is 1. The average Bonchev–Trinajstić information content (AvgIpc) is 3.30. The van der Waals surface area contributed by atoms with E-state index in [2.05, 4.69) is 15.2 Å². The number of hydrogen-bond acceptors (Lipinski definition) is 9. The second-order valence-electron chi connectivity index (χ2n) is 7.12. The lowest BCUT2D eigenvalue weighted by Crippen LogP contribution is -2.14. The predicted octanol–water partition coefficient (Wildman–Crippen LogP) is 3.97. The Morgan fingerprint density at radius 2 is 1.82 bits per heavy atom. The number of fused-ring (bicyclic) bond motifs is 1. The molecule has 0 bridgehead atoms. The predicted molar refractivity (Wildman–Crippen MR) is 125 cm³/mol. The van der Waals surface area contributed by atoms with E-state index in [1.807, 2.05) is 0 Å². The highest BCUT2D eigenvalue weighted by atomic mass is 32.2. The van der Waals surface area contributed by atoms with Gasteiger partial charge in [-0.2, -0.15) is 5.10 Å². The molecule has 0 radical (unpaired) electrons. The minimum atomic E-state index is -4.12. The van der Waals surface area contributed by atoms with Crippen LogP contribution in [0.15, 0.2) is 70.7 Å². The molecule has 12 heteroatoms. The van der Waals surface area contributed by atoms with Crippen molar-refractivity contribution in [2.24, 2.45) is 5.10 Å². The Morgan fingerprint density at radius 1 is 1.06 bits per heavy atom. The summed E-state index contributed by atoms with van der Waals surface area (Å²) in [4.78, 5) is 10.7. The molecule has 0 fully saturated rings. The van der Waals surface area contributed by atoms with Crippen LogP contribution in [0.25, 0.3) is 0 Å². The van der Waals surface area contributed by atoms with Gasteiger partial charge in [-0.1, -0.05) is 12.1 Å². The zero-order valence-electron chi connectivity index (χ0n) is 18.1. The Morgan fingerprint density at radius 3 is 2.59 bits per heavy atom. The molecular weight excluding hydrogens is 464 g/mol. The van der Waals surface area contributed by atoms with E-state index in [-0.39, 0.29) is 23.1 Å². The smallest absolute Gasteiger partial charge is 0.295 e. The molecular formula is C22H20N4O7S. The fourth-order valence-corrected chi connectivity index (χ4v) is 4.28. The Bertz CT molecular complexity index is 1390. The van der Waals surface area contributed by atoms with Crippen LogP contribution in [0.4, 0.5) is 17.1 Å². The summed E-state index contributed by atoms with van der Waals surface area (Å²) in [6, 6.07) is 15.2. The van der Waals surface area contributed by atoms with E-state index >= 15 is 0 Å². The maximum absolute atomic E-state index is 12.8. The van der Waals surface area contributed by atoms with Crippen LogP contribution in [0.5, 0.6) is 17.2 Å². The van der Waals surface area contributed by atoms with E-state index in [4.69, 9.17) is 14.2 Å². The van der Waals surface area contributed by atoms with Crippen LogP contribution in [0.1, 0.15) is 12.5 Å². The maximum atomic E-state index is 12.8. The van der Waals surface area contributed by atoms with E-state index < -0.39 is 20.6 Å². The molecule has 176 valence electrons. The number of hydrogen-bond donors (Lipinski definition) is 2. The van der Waals surface area contributed by atoms with E-state index in [0.717, 1.165) is 11.6 Å². The first-order valence-electron chi connectivity index (χ1n) is 9.93. The summed E-state index contributed by atoms with van der Waals surface area (Å²) < 4.78 is 43.8. The summed E-state index contributed by atoms with van der Waals surface area (Å²) in [5.41, 5.74) is 3.68. The highest BCUT2D eigenvalue weighted by molar-refractivity contribution is 7.92. The summed E-state index contributed by atoms with van der Waals surface area (Å²) in [6.45, 7) is 1.85. The van der Waals surface area contributed by atoms with Crippen molar-refractivity contribution in [1.29, 1.82) is 0 Å². The quantitative estimate of drug-likeness (QED) is 0.278. The Balaban J connectivity index is 1.59. The fraction of sp³-hybridized carbons (Fsp3) is 0.136. The molecule has 1 aliphatic heterocycles. The van der Waals surface area contributed by atoms with Gasteiger partial charge in [0.2, 0.25) is 6.79 Å². The molecule has 0 spiro atoms. The number of nitrogens with zero attached hydrogens (tertiary/aromatic N) is 2. The molecule has 0 aliphatic carbocycles. The number of methoxy groups -OCH3 is 1. The number of rotatable bonds is 8. The van der Waals surface area contributed by atoms with Gasteiger partial charge in [-0.3, -0.25) is 20.3 Å². The van der Waals surface area contributed by atoms with Crippen LogP contribution in [0, 0.1) is 10.1 Å². The van der Waals surface area contributed by atoms with Crippen LogP contribution in [0.2, 0.25) is 0 Å². The van der Waals surface area contributed by atoms with Crippen molar-refractivity contribution in [3.8, 4) is 17.2 Å². The van der Waals surface area contributed by atoms with Gasteiger partial charge < -0.3 is 14.2 Å². The minimum absolute atomic E-state index is 0.0290. The standard InChI is InChI=1S/C22H20N4O7S/c1-14(15-7-10-21-22(11-15)33-13-32-21)23-24-17-9-8-16(12-19(17)26(27)28)34(29,30)25-18-5-3-4-6-20(18)31-2/h3-12,24-25H,13H2,1-2H3. The second kappa shape index (κ2) is 9.27. The Hall–Kier alpha value is -4.32. The largest absolute Gasteiger partial charge is 0.495 e. The average molecular weight is 484 g/mol. The number of sulfonamides is 1. The summed E-state index contributed by atoms with van der Waals surface area (Å²) in [6.07, 6.45) is 0. The van der Waals surface area contributed by atoms with Gasteiger partial charge in [-0.05, 0) is 49.4 Å². The first-order valence-corrected chi connectivity index (χ1v) is 11.4. The van der Waals surface area contributed by atoms with E-state index in [1.54, 1.807) is 43.3 Å². The van der Waals surface area contributed by atoms with E-state index in [9.17, 15) is 18.5 Å². The molecule has 34 heavy (non-hydrogen) atoms. The van der Waals surface area contributed by atoms with E-state index in [0.29, 0.717) is 23.0 Å². The van der Waals surface area contributed by atoms with Gasteiger partial charge in [-0.25, -0.2) is 8.42 Å². The van der Waals surface area contributed by atoms with Crippen LogP contribution in [-0.4, -0.2) is 33.0 Å². The van der Waals surface area contributed by atoms with Gasteiger partial charge in [0, 0.05) is 11.6 Å². The maximum Gasteiger partial charge on any atom is 0.295 e. The zero-order chi connectivity index (χ0) is 24.3. The molecule has 3 aromatic carbocycles. The van der Waals surface area contributed by atoms with Crippen LogP contribution in [0.3, 0.4) is 0 Å². The minimum Gasteiger partial charge on any atom is -0.495 e. The van der Waals surface area contributed by atoms with Gasteiger partial charge in [0.1, 0.15) is 11.4 Å². The van der Waals surface area contributed by atoms with Crippen molar-refractivity contribution in [1.82, 2.24) is 0 Å². The van der Waals surface area contributed by atoms with Gasteiger partial charge in [0.15, 0.2) is 11.5 Å². The number of para-hydroxylation sites is 2. The highest BCUT2D eigenvalue weighted by Gasteiger charge is 2.23. The van der Waals surface area contributed by atoms with Crippen molar-refractivity contribution in [2.45, 2.75) is 11.8 Å². The lowest BCUT2D eigenvalue weighted by atomic mass is 10.1. The second-order valence-corrected chi connectivity index (χ2v) is 8.80. The molecule has 0 saturated heterocycles. The third-order valence-corrected chi connectivity index (χ3v) is 6.33. The van der Waals surface area contributed by atoms with Crippen molar-refractivity contribution in [2.75, 3.05) is 24.1 Å². The first-order chi connectivity index (χ1) is 16.3. The van der Waals surface area contributed by atoms with Gasteiger partial charge in [0.05, 0.1) is 28.3 Å². The lowest BCUT2D eigenvalue weighted by molar-refractivity contribution is -0.384. The van der Waals surface area contributed by atoms with Crippen molar-refractivity contribution < 1.29 is 27.6 Å². The molecule has 0 amide bonds. The first kappa shape index (κ1) is 22.9. The molecule has 11 nitrogen and oxygen atoms in total. The number of nitrogens with one attached hydrogen (secondary N) is 2. The lowest BCUT2D eigenvalue weighted by Gasteiger charge is -2.12. The van der Waals surface area contributed by atoms with Crippen molar-refractivity contribution in [3.05, 3.63) is 76.3 Å². The van der Waals surface area contributed by atoms with Crippen molar-refractivity contribution >= 4 is 32.8 Å². The SMILES string of the molecule is COc1ccccc1NS(=O)(=O)c1ccc(NN=C(C)c2ccc3c(c2)OCO3)c([N+](=O)[O-])c1. The Kier molecular flexibility index (Phi) is 6.23. The molecule has 0 aromatic heterocycles. The normalized spacial score (nSPS) is 12.8. The number of ether oxygens (including phenoxy) is 3. The third kappa shape index (κ3) is 4.71. The van der Waals surface area contributed by atoms with Gasteiger partial charge in [0.25, 0.3) is 15.7 Å². The summed E-state index contributed by atoms with van der Waals surface area (Å²) in [5, 5.41) is 15.9. The number of nitro groups is 1. The molecule has 0 saturated carbocycles. The fourth-order valence-electron chi connectivity index (χ4n) is 3.19. The zero-order valence-corrected chi connectivity index (χ0v) is 19.0. The highest BCUT2D eigenvalue weighted by Crippen LogP contribution is 2.33. The molecule has 0 unspecified atom stereocenters. The molecule has 2 N–H and O–H groups in total. The third-order valence-electron chi connectivity index (χ3n) is 4.96. The van der Waals surface area contributed by atoms with Crippen molar-refractivity contribution in [3.63, 3.8) is 0 Å². The molecule has 1 heterocycles. The monoisotopic (exact) mass is 484 g/mol. The van der Waals surface area contributed by atoms with Crippen LogP contribution in [-0.2, 0) is 10.0 Å². The molecule has 3 aromatic rings. The topological polar surface area (TPSA) is 141 Å². The molecule has 0 atom stereocenters. The molecule has 1 aliphatic rings. The van der Waals surface area contributed by atoms with Crippen LogP contribution >= 0.6 is 0 Å². The number of benzene rings is 3. The van der Waals surface area contributed by atoms with Crippen LogP contribution < -0.4 is 24.4 Å². The van der Waals surface area contributed by atoms with E-state index in [1.165, 1.54) is 25.3 Å². The number of hydrazone groups is 1. The summed E-state index contributed by atoms with van der Waals surface area (Å²) in [5.74, 6) is 1.51. The summed E-state index contributed by atoms with van der Waals surface area (Å²) in [7, 11) is -2.72. The summed E-state index contributed by atoms with van der Waals surface area (Å²) >= 11 is 0. The molecule has 4 rings (SSSR count). The van der Waals surface area contributed by atoms with Gasteiger partial charge in [-0.15, -0.1) is 0 Å². The number of anilines is 2. The van der Waals surface area contributed by atoms with Gasteiger partial charge >= 0.3 is 0 Å².